The van der Waals surface area contributed by atoms with Gasteiger partial charge in [-0.1, -0.05) is 28.1 Å². The Morgan fingerprint density at radius 3 is 2.71 bits per heavy atom. The molecule has 0 aromatic carbocycles. The molecule has 0 aromatic heterocycles. The highest BCUT2D eigenvalue weighted by molar-refractivity contribution is 9.09. The van der Waals surface area contributed by atoms with Crippen LogP contribution >= 0.6 is 15.9 Å². The van der Waals surface area contributed by atoms with Gasteiger partial charge >= 0.3 is 0 Å². The maximum absolute atomic E-state index is 3.44. The normalized spacial score (nSPS) is 10.6. The first-order valence-corrected chi connectivity index (χ1v) is 3.25. The molecule has 2 heteroatoms. The number of halogens is 1. The van der Waals surface area contributed by atoms with Gasteiger partial charge in [0.15, 0.2) is 0 Å². The second-order valence-corrected chi connectivity index (χ2v) is 1.73. The minimum Gasteiger partial charge on any atom is -0.312 e. The maximum atomic E-state index is 3.44. The molecule has 0 saturated carbocycles. The first-order valence-electron chi connectivity index (χ1n) is 2.12. The Balaban J connectivity index is 2.78. The lowest BCUT2D eigenvalue weighted by atomic mass is 10.5. The zero-order chi connectivity index (χ0) is 5.54. The molecule has 0 rings (SSSR count). The topological polar surface area (TPSA) is 12.0 Å². The van der Waals surface area contributed by atoms with Crippen LogP contribution in [-0.4, -0.2) is 11.9 Å². The van der Waals surface area contributed by atoms with Crippen molar-refractivity contribution < 1.29 is 0 Å². The molecule has 0 aliphatic carbocycles. The quantitative estimate of drug-likeness (QED) is 0.488. The largest absolute Gasteiger partial charge is 0.312 e. The lowest BCUT2D eigenvalue weighted by Gasteiger charge is -1.83. The molecule has 0 aliphatic rings. The zero-order valence-electron chi connectivity index (χ0n) is 4.15. The van der Waals surface area contributed by atoms with Crippen LogP contribution < -0.4 is 5.32 Å². The monoisotopic (exact) mass is 162 g/mol. The van der Waals surface area contributed by atoms with Crippen molar-refractivity contribution in [2.45, 2.75) is 0 Å². The smallest absolute Gasteiger partial charge is 0.0212 e. The van der Waals surface area contributed by atoms with Crippen LogP contribution in [0.4, 0.5) is 0 Å². The van der Waals surface area contributed by atoms with Crippen LogP contribution in [0.25, 0.3) is 0 Å². The van der Waals surface area contributed by atoms with E-state index in [1.165, 1.54) is 0 Å². The molecule has 0 heterocycles. The molecule has 0 spiro atoms. The van der Waals surface area contributed by atoms with Crippen LogP contribution in [0.3, 0.4) is 0 Å². The third-order valence-electron chi connectivity index (χ3n) is 0.518. The summed E-state index contributed by atoms with van der Waals surface area (Å²) in [7, 11) is 3.44. The Labute approximate surface area is 52.9 Å². The molecule has 1 N–H and O–H groups in total. The standard InChI is InChI=1S/C5H9BrN/c1-7-5-3-2-4-6/h2-3,7H,1,4-5H2/b3-2+. The minimum atomic E-state index is 0.853. The summed E-state index contributed by atoms with van der Waals surface area (Å²) in [4.78, 5) is 0. The first-order chi connectivity index (χ1) is 3.41. The highest BCUT2D eigenvalue weighted by atomic mass is 79.9. The summed E-state index contributed by atoms with van der Waals surface area (Å²) < 4.78 is 0. The van der Waals surface area contributed by atoms with E-state index in [-0.39, 0.29) is 0 Å². The van der Waals surface area contributed by atoms with Gasteiger partial charge in [-0.2, -0.15) is 0 Å². The fraction of sp³-hybridized carbons (Fsp3) is 0.400. The predicted molar refractivity (Wildman–Crippen MR) is 36.3 cm³/mol. The summed E-state index contributed by atoms with van der Waals surface area (Å²) in [6.07, 6.45) is 4.04. The second-order valence-electron chi connectivity index (χ2n) is 1.08. The minimum absolute atomic E-state index is 0.853. The Morgan fingerprint density at radius 2 is 2.29 bits per heavy atom. The molecule has 0 aromatic rings. The van der Waals surface area contributed by atoms with E-state index >= 15 is 0 Å². The predicted octanol–water partition coefficient (Wildman–Crippen LogP) is 1.32. The van der Waals surface area contributed by atoms with Gasteiger partial charge in [0.25, 0.3) is 0 Å². The van der Waals surface area contributed by atoms with Gasteiger partial charge < -0.3 is 5.32 Å². The van der Waals surface area contributed by atoms with E-state index in [2.05, 4.69) is 28.3 Å². The summed E-state index contributed by atoms with van der Waals surface area (Å²) in [6.45, 7) is 0.853. The van der Waals surface area contributed by atoms with Crippen molar-refractivity contribution in [1.29, 1.82) is 0 Å². The Morgan fingerprint density at radius 1 is 1.57 bits per heavy atom. The number of hydrogen-bond donors (Lipinski definition) is 1. The molecule has 0 unspecified atom stereocenters. The third kappa shape index (κ3) is 6.18. The van der Waals surface area contributed by atoms with Gasteiger partial charge in [-0.3, -0.25) is 0 Å². The lowest BCUT2D eigenvalue weighted by molar-refractivity contribution is 0.981. The maximum Gasteiger partial charge on any atom is 0.0212 e. The van der Waals surface area contributed by atoms with Gasteiger partial charge in [0.2, 0.25) is 0 Å². The second kappa shape index (κ2) is 6.18. The van der Waals surface area contributed by atoms with Gasteiger partial charge in [-0.15, -0.1) is 0 Å². The number of allylic oxidation sites excluding steroid dienone is 1. The fourth-order valence-corrected chi connectivity index (χ4v) is 0.494. The summed E-state index contributed by atoms with van der Waals surface area (Å²) in [5.41, 5.74) is 0. The van der Waals surface area contributed by atoms with Gasteiger partial charge in [0.05, 0.1) is 0 Å². The van der Waals surface area contributed by atoms with Gasteiger partial charge in [0.1, 0.15) is 0 Å². The number of alkyl halides is 1. The molecule has 0 aliphatic heterocycles. The van der Waals surface area contributed by atoms with Gasteiger partial charge in [-0.25, -0.2) is 0 Å². The number of nitrogens with one attached hydrogen (secondary N) is 1. The van der Waals surface area contributed by atoms with Gasteiger partial charge in [0, 0.05) is 18.9 Å². The molecule has 7 heavy (non-hydrogen) atoms. The van der Waals surface area contributed by atoms with E-state index in [0.29, 0.717) is 0 Å². The van der Waals surface area contributed by atoms with Crippen molar-refractivity contribution in [2.75, 3.05) is 11.9 Å². The van der Waals surface area contributed by atoms with Crippen LogP contribution in [0.1, 0.15) is 0 Å². The fourth-order valence-electron chi connectivity index (χ4n) is 0.230. The molecule has 41 valence electrons. The van der Waals surface area contributed by atoms with Gasteiger partial charge in [-0.05, 0) is 0 Å². The number of rotatable bonds is 3. The van der Waals surface area contributed by atoms with E-state index in [0.717, 1.165) is 11.9 Å². The molecule has 0 bridgehead atoms. The van der Waals surface area contributed by atoms with E-state index in [1.807, 2.05) is 12.2 Å². The highest BCUT2D eigenvalue weighted by Gasteiger charge is 1.66. The molecular formula is C5H9BrN. The van der Waals surface area contributed by atoms with Crippen LogP contribution in [-0.2, 0) is 0 Å². The van der Waals surface area contributed by atoms with Crippen molar-refractivity contribution in [1.82, 2.24) is 5.32 Å². The van der Waals surface area contributed by atoms with Crippen LogP contribution in [0, 0.1) is 7.05 Å². The van der Waals surface area contributed by atoms with Crippen LogP contribution in [0.2, 0.25) is 0 Å². The molecule has 1 nitrogen and oxygen atoms in total. The third-order valence-corrected chi connectivity index (χ3v) is 0.892. The van der Waals surface area contributed by atoms with E-state index in [4.69, 9.17) is 0 Å². The number of hydrogen-bond acceptors (Lipinski definition) is 1. The molecular weight excluding hydrogens is 154 g/mol. The molecule has 0 saturated heterocycles. The van der Waals surface area contributed by atoms with Crippen molar-refractivity contribution in [3.8, 4) is 0 Å². The van der Waals surface area contributed by atoms with Crippen molar-refractivity contribution in [3.63, 3.8) is 0 Å². The highest BCUT2D eigenvalue weighted by Crippen LogP contribution is 1.78. The average Bonchev–Trinajstić information content (AvgIpc) is 1.69. The molecule has 0 amide bonds. The molecule has 1 radical (unpaired) electrons. The first kappa shape index (κ1) is 7.18. The SMILES string of the molecule is [CH2]NC/C=C/CBr. The van der Waals surface area contributed by atoms with Crippen molar-refractivity contribution in [3.05, 3.63) is 19.2 Å². The Hall–Kier alpha value is 0.180. The summed E-state index contributed by atoms with van der Waals surface area (Å²) in [5, 5.41) is 3.67. The van der Waals surface area contributed by atoms with Crippen molar-refractivity contribution >= 4 is 15.9 Å². The summed E-state index contributed by atoms with van der Waals surface area (Å²) >= 11 is 3.24. The summed E-state index contributed by atoms with van der Waals surface area (Å²) in [6, 6.07) is 0. The van der Waals surface area contributed by atoms with Crippen LogP contribution in [0.15, 0.2) is 12.2 Å². The van der Waals surface area contributed by atoms with E-state index in [1.54, 1.807) is 0 Å². The van der Waals surface area contributed by atoms with E-state index in [9.17, 15) is 0 Å². The molecule has 0 fully saturated rings. The van der Waals surface area contributed by atoms with Crippen molar-refractivity contribution in [2.24, 2.45) is 0 Å². The van der Waals surface area contributed by atoms with E-state index < -0.39 is 0 Å². The van der Waals surface area contributed by atoms with Crippen LogP contribution in [0.5, 0.6) is 0 Å². The Kier molecular flexibility index (Phi) is 6.34. The lowest BCUT2D eigenvalue weighted by Crippen LogP contribution is -2.00. The summed E-state index contributed by atoms with van der Waals surface area (Å²) in [5.74, 6) is 0. The average molecular weight is 163 g/mol. The molecule has 0 atom stereocenters. The zero-order valence-corrected chi connectivity index (χ0v) is 5.74. The Bertz CT molecular complexity index is 52.0.